The molecule has 0 aliphatic rings. The first-order valence-corrected chi connectivity index (χ1v) is 7.44. The Morgan fingerprint density at radius 2 is 1.81 bits per heavy atom. The molecule has 2 rings (SSSR count). The zero-order chi connectivity index (χ0) is 19.1. The Labute approximate surface area is 149 Å². The number of nitro benzene ring substituents is 1. The fourth-order valence-electron chi connectivity index (χ4n) is 2.09. The van der Waals surface area contributed by atoms with Crippen LogP contribution in [0, 0.1) is 10.1 Å². The number of hydrogen-bond donors (Lipinski definition) is 1. The Morgan fingerprint density at radius 3 is 2.38 bits per heavy atom. The highest BCUT2D eigenvalue weighted by atomic mass is 16.6. The summed E-state index contributed by atoms with van der Waals surface area (Å²) >= 11 is 0. The van der Waals surface area contributed by atoms with Gasteiger partial charge in [0.15, 0.2) is 0 Å². The van der Waals surface area contributed by atoms with Crippen molar-refractivity contribution in [2.75, 3.05) is 14.2 Å². The molecule has 0 atom stereocenters. The molecule has 0 aliphatic carbocycles. The number of hydrogen-bond acceptors (Lipinski definition) is 6. The lowest BCUT2D eigenvalue weighted by Gasteiger charge is -2.09. The first-order valence-electron chi connectivity index (χ1n) is 7.44. The molecule has 1 amide bonds. The average molecular weight is 356 g/mol. The molecule has 26 heavy (non-hydrogen) atoms. The Kier molecular flexibility index (Phi) is 6.05. The van der Waals surface area contributed by atoms with Gasteiger partial charge in [0.1, 0.15) is 11.4 Å². The van der Waals surface area contributed by atoms with E-state index in [2.05, 4.69) is 10.1 Å². The summed E-state index contributed by atoms with van der Waals surface area (Å²) in [5, 5.41) is 13.3. The van der Waals surface area contributed by atoms with Gasteiger partial charge in [-0.1, -0.05) is 12.1 Å². The number of nitrogens with zero attached hydrogens (tertiary/aromatic N) is 1. The number of nitrogens with one attached hydrogen (secondary N) is 1. The van der Waals surface area contributed by atoms with Gasteiger partial charge in [-0.2, -0.15) is 0 Å². The lowest BCUT2D eigenvalue weighted by molar-refractivity contribution is -0.384. The lowest BCUT2D eigenvalue weighted by atomic mass is 10.1. The van der Waals surface area contributed by atoms with E-state index in [4.69, 9.17) is 4.74 Å². The monoisotopic (exact) mass is 356 g/mol. The summed E-state index contributed by atoms with van der Waals surface area (Å²) in [5.41, 5.74) is 0.396. The molecule has 8 nitrogen and oxygen atoms in total. The fourth-order valence-corrected chi connectivity index (χ4v) is 2.09. The SMILES string of the molecule is COC(=O)/C(=C\c1cccc([N+](=O)[O-])c1)NC(=O)c1ccc(OC)cc1. The number of esters is 1. The van der Waals surface area contributed by atoms with E-state index >= 15 is 0 Å². The molecule has 0 aromatic heterocycles. The predicted octanol–water partition coefficient (Wildman–Crippen LogP) is 2.55. The van der Waals surface area contributed by atoms with E-state index in [0.29, 0.717) is 16.9 Å². The van der Waals surface area contributed by atoms with E-state index in [-0.39, 0.29) is 11.4 Å². The number of amides is 1. The van der Waals surface area contributed by atoms with E-state index in [0.717, 1.165) is 0 Å². The minimum Gasteiger partial charge on any atom is -0.497 e. The van der Waals surface area contributed by atoms with Crippen LogP contribution < -0.4 is 10.1 Å². The quantitative estimate of drug-likeness (QED) is 0.369. The fraction of sp³-hybridized carbons (Fsp3) is 0.111. The van der Waals surface area contributed by atoms with Gasteiger partial charge in [-0.25, -0.2) is 4.79 Å². The van der Waals surface area contributed by atoms with Crippen LogP contribution in [-0.4, -0.2) is 31.0 Å². The van der Waals surface area contributed by atoms with Crippen molar-refractivity contribution >= 4 is 23.6 Å². The van der Waals surface area contributed by atoms with Crippen LogP contribution >= 0.6 is 0 Å². The summed E-state index contributed by atoms with van der Waals surface area (Å²) in [6.07, 6.45) is 1.31. The number of rotatable bonds is 6. The molecule has 0 aliphatic heterocycles. The minimum absolute atomic E-state index is 0.135. The summed E-state index contributed by atoms with van der Waals surface area (Å²) in [5.74, 6) is -0.727. The molecular formula is C18H16N2O6. The highest BCUT2D eigenvalue weighted by molar-refractivity contribution is 6.03. The third kappa shape index (κ3) is 4.67. The van der Waals surface area contributed by atoms with Gasteiger partial charge in [0.2, 0.25) is 0 Å². The Balaban J connectivity index is 2.29. The molecule has 8 heteroatoms. The highest BCUT2D eigenvalue weighted by Crippen LogP contribution is 2.16. The summed E-state index contributed by atoms with van der Waals surface area (Å²) in [4.78, 5) is 34.6. The maximum atomic E-state index is 12.3. The molecule has 0 bridgehead atoms. The maximum Gasteiger partial charge on any atom is 0.354 e. The van der Waals surface area contributed by atoms with Gasteiger partial charge in [-0.3, -0.25) is 14.9 Å². The first-order chi connectivity index (χ1) is 12.4. The molecule has 0 radical (unpaired) electrons. The van der Waals surface area contributed by atoms with E-state index in [1.54, 1.807) is 18.2 Å². The highest BCUT2D eigenvalue weighted by Gasteiger charge is 2.16. The molecule has 2 aromatic rings. The van der Waals surface area contributed by atoms with Gasteiger partial charge in [0.05, 0.1) is 19.1 Å². The van der Waals surface area contributed by atoms with Crippen molar-refractivity contribution in [1.29, 1.82) is 0 Å². The van der Waals surface area contributed by atoms with Crippen LogP contribution in [-0.2, 0) is 9.53 Å². The van der Waals surface area contributed by atoms with Crippen LogP contribution in [0.4, 0.5) is 5.69 Å². The number of nitro groups is 1. The predicted molar refractivity (Wildman–Crippen MR) is 93.5 cm³/mol. The minimum atomic E-state index is -0.779. The van der Waals surface area contributed by atoms with Crippen LogP contribution in [0.1, 0.15) is 15.9 Å². The molecule has 0 heterocycles. The molecule has 0 spiro atoms. The first kappa shape index (κ1) is 18.7. The second-order valence-corrected chi connectivity index (χ2v) is 5.08. The number of benzene rings is 2. The smallest absolute Gasteiger partial charge is 0.354 e. The molecule has 0 fully saturated rings. The second-order valence-electron chi connectivity index (χ2n) is 5.08. The van der Waals surface area contributed by atoms with E-state index in [1.165, 1.54) is 50.6 Å². The van der Waals surface area contributed by atoms with Crippen molar-refractivity contribution in [3.05, 3.63) is 75.5 Å². The second kappa shape index (κ2) is 8.43. The molecule has 134 valence electrons. The van der Waals surface area contributed by atoms with Gasteiger partial charge in [0, 0.05) is 17.7 Å². The van der Waals surface area contributed by atoms with Crippen molar-refractivity contribution in [3.8, 4) is 5.75 Å². The zero-order valence-corrected chi connectivity index (χ0v) is 14.1. The van der Waals surface area contributed by atoms with Crippen LogP contribution in [0.3, 0.4) is 0 Å². The van der Waals surface area contributed by atoms with E-state index < -0.39 is 16.8 Å². The van der Waals surface area contributed by atoms with Crippen LogP contribution in [0.2, 0.25) is 0 Å². The van der Waals surface area contributed by atoms with Gasteiger partial charge in [0.25, 0.3) is 11.6 Å². The van der Waals surface area contributed by atoms with Crippen LogP contribution in [0.25, 0.3) is 6.08 Å². The van der Waals surface area contributed by atoms with Crippen LogP contribution in [0.15, 0.2) is 54.2 Å². The molecule has 0 unspecified atom stereocenters. The summed E-state index contributed by atoms with van der Waals surface area (Å²) in [6, 6.07) is 11.9. The molecule has 1 N–H and O–H groups in total. The molecule has 0 saturated carbocycles. The average Bonchev–Trinajstić information content (AvgIpc) is 2.67. The normalized spacial score (nSPS) is 10.8. The maximum absolute atomic E-state index is 12.3. The summed E-state index contributed by atoms with van der Waals surface area (Å²) in [7, 11) is 2.68. The largest absolute Gasteiger partial charge is 0.497 e. The molecular weight excluding hydrogens is 340 g/mol. The summed E-state index contributed by atoms with van der Waals surface area (Å²) < 4.78 is 9.68. The van der Waals surface area contributed by atoms with Crippen molar-refractivity contribution in [2.45, 2.75) is 0 Å². The topological polar surface area (TPSA) is 108 Å². The molecule has 0 saturated heterocycles. The lowest BCUT2D eigenvalue weighted by Crippen LogP contribution is -2.28. The number of carbonyl (C=O) groups excluding carboxylic acids is 2. The number of non-ortho nitro benzene ring substituents is 1. The Morgan fingerprint density at radius 1 is 1.12 bits per heavy atom. The van der Waals surface area contributed by atoms with Gasteiger partial charge in [-0.15, -0.1) is 0 Å². The number of methoxy groups -OCH3 is 2. The van der Waals surface area contributed by atoms with Gasteiger partial charge >= 0.3 is 5.97 Å². The van der Waals surface area contributed by atoms with Crippen molar-refractivity contribution in [1.82, 2.24) is 5.32 Å². The molecule has 2 aromatic carbocycles. The third-order valence-electron chi connectivity index (χ3n) is 3.40. The summed E-state index contributed by atoms with van der Waals surface area (Å²) in [6.45, 7) is 0. The third-order valence-corrected chi connectivity index (χ3v) is 3.40. The number of carbonyl (C=O) groups is 2. The Bertz CT molecular complexity index is 858. The van der Waals surface area contributed by atoms with Crippen molar-refractivity contribution < 1.29 is 24.0 Å². The van der Waals surface area contributed by atoms with Gasteiger partial charge in [-0.05, 0) is 35.9 Å². The number of ether oxygens (including phenoxy) is 2. The van der Waals surface area contributed by atoms with Crippen LogP contribution in [0.5, 0.6) is 5.75 Å². The van der Waals surface area contributed by atoms with Crippen molar-refractivity contribution in [2.24, 2.45) is 0 Å². The van der Waals surface area contributed by atoms with E-state index in [9.17, 15) is 19.7 Å². The van der Waals surface area contributed by atoms with Crippen molar-refractivity contribution in [3.63, 3.8) is 0 Å². The standard InChI is InChI=1S/C18H16N2O6/c1-25-15-8-6-13(7-9-15)17(21)19-16(18(22)26-2)11-12-4-3-5-14(10-12)20(23)24/h3-11H,1-2H3,(H,19,21)/b16-11+. The van der Waals surface area contributed by atoms with E-state index in [1.807, 2.05) is 0 Å². The zero-order valence-electron chi connectivity index (χ0n) is 14.1. The van der Waals surface area contributed by atoms with Gasteiger partial charge < -0.3 is 14.8 Å². The Hall–Kier alpha value is -3.68.